The number of hydrogen-bond donors (Lipinski definition) is 1. The summed E-state index contributed by atoms with van der Waals surface area (Å²) in [4.78, 5) is 33.3. The molecule has 0 spiro atoms. The third-order valence-electron chi connectivity index (χ3n) is 5.69. The fraction of sp³-hybridized carbons (Fsp3) is 0.348. The van der Waals surface area contributed by atoms with Gasteiger partial charge in [-0.25, -0.2) is 4.98 Å². The molecule has 156 valence electrons. The van der Waals surface area contributed by atoms with Gasteiger partial charge in [-0.3, -0.25) is 9.59 Å². The fourth-order valence-electron chi connectivity index (χ4n) is 4.17. The van der Waals surface area contributed by atoms with Gasteiger partial charge >= 0.3 is 0 Å². The van der Waals surface area contributed by atoms with Gasteiger partial charge in [0.2, 0.25) is 5.91 Å². The highest BCUT2D eigenvalue weighted by Gasteiger charge is 2.32. The lowest BCUT2D eigenvalue weighted by atomic mass is 9.95. The molecule has 2 amide bonds. The molecular weight excluding hydrogens is 398 g/mol. The van der Waals surface area contributed by atoms with E-state index >= 15 is 0 Å². The largest absolute Gasteiger partial charge is 0.496 e. The number of pyridine rings is 1. The summed E-state index contributed by atoms with van der Waals surface area (Å²) in [5.74, 6) is 1.01. The molecule has 0 unspecified atom stereocenters. The topological polar surface area (TPSA) is 71.5 Å². The number of thiophene rings is 1. The smallest absolute Gasteiger partial charge is 0.261 e. The van der Waals surface area contributed by atoms with Crippen LogP contribution in [0.15, 0.2) is 42.6 Å². The van der Waals surface area contributed by atoms with Crippen molar-refractivity contribution in [2.75, 3.05) is 27.2 Å². The molecule has 1 N–H and O–H groups in total. The monoisotopic (exact) mass is 423 g/mol. The van der Waals surface area contributed by atoms with Gasteiger partial charge in [-0.15, -0.1) is 11.3 Å². The van der Waals surface area contributed by atoms with Crippen molar-refractivity contribution < 1.29 is 14.3 Å². The van der Waals surface area contributed by atoms with Gasteiger partial charge in [0, 0.05) is 44.1 Å². The number of amides is 2. The van der Waals surface area contributed by atoms with Gasteiger partial charge in [0.1, 0.15) is 10.6 Å². The summed E-state index contributed by atoms with van der Waals surface area (Å²) >= 11 is 1.42. The maximum Gasteiger partial charge on any atom is 0.261 e. The Kier molecular flexibility index (Phi) is 5.99. The van der Waals surface area contributed by atoms with Crippen LogP contribution in [0.1, 0.15) is 39.6 Å². The summed E-state index contributed by atoms with van der Waals surface area (Å²) < 4.78 is 5.39. The third-order valence-corrected chi connectivity index (χ3v) is 6.82. The second-order valence-electron chi connectivity index (χ2n) is 7.42. The molecule has 1 aliphatic rings. The first-order chi connectivity index (χ1) is 14.6. The van der Waals surface area contributed by atoms with Crippen molar-refractivity contribution in [3.63, 3.8) is 0 Å². The van der Waals surface area contributed by atoms with Gasteiger partial charge in [-0.05, 0) is 36.1 Å². The van der Waals surface area contributed by atoms with Crippen molar-refractivity contribution >= 4 is 33.4 Å². The zero-order valence-corrected chi connectivity index (χ0v) is 18.0. The molecule has 3 aromatic rings. The number of benzene rings is 1. The number of hydrogen-bond acceptors (Lipinski definition) is 5. The predicted octanol–water partition coefficient (Wildman–Crippen LogP) is 3.61. The van der Waals surface area contributed by atoms with E-state index in [1.807, 2.05) is 41.3 Å². The Labute approximate surface area is 179 Å². The Balaban J connectivity index is 1.49. The summed E-state index contributed by atoms with van der Waals surface area (Å²) in [6, 6.07) is 11.7. The van der Waals surface area contributed by atoms with Crippen LogP contribution in [0, 0.1) is 0 Å². The van der Waals surface area contributed by atoms with Crippen LogP contribution in [0.2, 0.25) is 0 Å². The average Bonchev–Trinajstić information content (AvgIpc) is 3.41. The zero-order valence-electron chi connectivity index (χ0n) is 17.2. The molecule has 0 bridgehead atoms. The van der Waals surface area contributed by atoms with E-state index in [9.17, 15) is 9.59 Å². The van der Waals surface area contributed by atoms with Crippen LogP contribution in [0.25, 0.3) is 10.2 Å². The number of fused-ring (bicyclic) bond motifs is 1. The van der Waals surface area contributed by atoms with E-state index in [2.05, 4.69) is 10.3 Å². The van der Waals surface area contributed by atoms with E-state index in [0.717, 1.165) is 33.5 Å². The minimum atomic E-state index is -0.0889. The van der Waals surface area contributed by atoms with Crippen LogP contribution < -0.4 is 10.1 Å². The molecule has 1 aromatic carbocycles. The number of aryl methyl sites for hydroxylation is 1. The van der Waals surface area contributed by atoms with E-state index < -0.39 is 0 Å². The molecule has 2 aromatic heterocycles. The predicted molar refractivity (Wildman–Crippen MR) is 118 cm³/mol. The van der Waals surface area contributed by atoms with Crippen molar-refractivity contribution in [3.8, 4) is 5.75 Å². The number of rotatable bonds is 6. The van der Waals surface area contributed by atoms with Gasteiger partial charge in [-0.2, -0.15) is 0 Å². The molecule has 3 heterocycles. The quantitative estimate of drug-likeness (QED) is 0.657. The summed E-state index contributed by atoms with van der Waals surface area (Å²) in [6.45, 7) is 1.34. The highest BCUT2D eigenvalue weighted by atomic mass is 32.1. The summed E-state index contributed by atoms with van der Waals surface area (Å²) in [7, 11) is 3.29. The second-order valence-corrected chi connectivity index (χ2v) is 8.42. The number of para-hydroxylation sites is 1. The minimum Gasteiger partial charge on any atom is -0.496 e. The minimum absolute atomic E-state index is 0.0889. The average molecular weight is 424 g/mol. The SMILES string of the molecule is CNC(=O)c1sc2ncccc2c1[C@H]1CCN(C(=O)CCc2ccccc2OC)C1. The van der Waals surface area contributed by atoms with Crippen LogP contribution in [0.4, 0.5) is 0 Å². The molecule has 1 fully saturated rings. The summed E-state index contributed by atoms with van der Waals surface area (Å²) in [5, 5.41) is 3.76. The Bertz CT molecular complexity index is 1080. The molecule has 0 radical (unpaired) electrons. The van der Waals surface area contributed by atoms with Gasteiger partial charge in [0.05, 0.1) is 12.0 Å². The van der Waals surface area contributed by atoms with Crippen molar-refractivity contribution in [3.05, 3.63) is 58.6 Å². The van der Waals surface area contributed by atoms with E-state index in [1.165, 1.54) is 11.3 Å². The highest BCUT2D eigenvalue weighted by molar-refractivity contribution is 7.20. The van der Waals surface area contributed by atoms with Crippen molar-refractivity contribution in [2.45, 2.75) is 25.2 Å². The Morgan fingerprint density at radius 3 is 2.90 bits per heavy atom. The number of methoxy groups -OCH3 is 1. The number of carbonyl (C=O) groups excluding carboxylic acids is 2. The van der Waals surface area contributed by atoms with Gasteiger partial charge < -0.3 is 15.0 Å². The normalized spacial score (nSPS) is 16.1. The first kappa shape index (κ1) is 20.3. The lowest BCUT2D eigenvalue weighted by molar-refractivity contribution is -0.130. The van der Waals surface area contributed by atoms with Crippen molar-refractivity contribution in [1.82, 2.24) is 15.2 Å². The number of nitrogens with zero attached hydrogens (tertiary/aromatic N) is 2. The van der Waals surface area contributed by atoms with Crippen molar-refractivity contribution in [1.29, 1.82) is 0 Å². The van der Waals surface area contributed by atoms with Crippen LogP contribution in [-0.2, 0) is 11.2 Å². The molecular formula is C23H25N3O3S. The maximum atomic E-state index is 12.9. The number of aromatic nitrogens is 1. The molecule has 1 aliphatic heterocycles. The summed E-state index contributed by atoms with van der Waals surface area (Å²) in [5.41, 5.74) is 2.07. The zero-order chi connectivity index (χ0) is 21.1. The van der Waals surface area contributed by atoms with E-state index in [0.29, 0.717) is 30.8 Å². The molecule has 6 nitrogen and oxygen atoms in total. The van der Waals surface area contributed by atoms with Crippen molar-refractivity contribution in [2.24, 2.45) is 0 Å². The summed E-state index contributed by atoms with van der Waals surface area (Å²) in [6.07, 6.45) is 3.70. The molecule has 0 saturated carbocycles. The van der Waals surface area contributed by atoms with E-state index in [-0.39, 0.29) is 17.7 Å². The lowest BCUT2D eigenvalue weighted by Crippen LogP contribution is -2.29. The lowest BCUT2D eigenvalue weighted by Gasteiger charge is -2.17. The van der Waals surface area contributed by atoms with Crippen LogP contribution in [0.5, 0.6) is 5.75 Å². The third kappa shape index (κ3) is 3.89. The maximum absolute atomic E-state index is 12.9. The van der Waals surface area contributed by atoms with Gasteiger partial charge in [0.25, 0.3) is 5.91 Å². The van der Waals surface area contributed by atoms with E-state index in [1.54, 1.807) is 20.4 Å². The molecule has 1 saturated heterocycles. The number of likely N-dealkylation sites (tertiary alicyclic amines) is 1. The van der Waals surface area contributed by atoms with Crippen LogP contribution in [-0.4, -0.2) is 48.9 Å². The van der Waals surface area contributed by atoms with Crippen LogP contribution in [0.3, 0.4) is 0 Å². The Hall–Kier alpha value is -2.93. The number of ether oxygens (including phenoxy) is 1. The molecule has 30 heavy (non-hydrogen) atoms. The Morgan fingerprint density at radius 2 is 2.10 bits per heavy atom. The Morgan fingerprint density at radius 1 is 1.27 bits per heavy atom. The molecule has 1 atom stereocenters. The fourth-order valence-corrected chi connectivity index (χ4v) is 5.35. The highest BCUT2D eigenvalue weighted by Crippen LogP contribution is 2.39. The number of carbonyl (C=O) groups is 2. The van der Waals surface area contributed by atoms with Gasteiger partial charge in [-0.1, -0.05) is 24.3 Å². The molecule has 0 aliphatic carbocycles. The second kappa shape index (κ2) is 8.83. The van der Waals surface area contributed by atoms with E-state index in [4.69, 9.17) is 4.74 Å². The van der Waals surface area contributed by atoms with Crippen LogP contribution >= 0.6 is 11.3 Å². The van der Waals surface area contributed by atoms with Gasteiger partial charge in [0.15, 0.2) is 0 Å². The number of nitrogens with one attached hydrogen (secondary N) is 1. The molecule has 7 heteroatoms. The molecule has 4 rings (SSSR count). The first-order valence-corrected chi connectivity index (χ1v) is 10.9. The standard InChI is InChI=1S/C23H25N3O3S/c1-24-22(28)21-20(17-7-5-12-25-23(17)30-21)16-11-13-26(14-16)19(27)10-9-15-6-3-4-8-18(15)29-2/h3-8,12,16H,9-11,13-14H2,1-2H3,(H,24,28)/t16-/m0/s1. The first-order valence-electron chi connectivity index (χ1n) is 10.1.